The minimum absolute atomic E-state index is 0.402. The molecule has 0 spiro atoms. The topological polar surface area (TPSA) is 20.2 Å². The predicted molar refractivity (Wildman–Crippen MR) is 104 cm³/mol. The van der Waals surface area contributed by atoms with E-state index in [2.05, 4.69) is 43.3 Å². The Kier molecular flexibility index (Phi) is 8.17. The van der Waals surface area contributed by atoms with Crippen LogP contribution < -0.4 is 0 Å². The van der Waals surface area contributed by atoms with Crippen LogP contribution in [0, 0.1) is 0 Å². The van der Waals surface area contributed by atoms with Crippen molar-refractivity contribution < 1.29 is 5.11 Å². The Hall–Kier alpha value is -2.02. The van der Waals surface area contributed by atoms with Crippen LogP contribution in [-0.2, 0) is 12.8 Å². The van der Waals surface area contributed by atoms with Gasteiger partial charge in [-0.15, -0.1) is 0 Å². The number of aromatic hydroxyl groups is 1. The summed E-state index contributed by atoms with van der Waals surface area (Å²) in [6.45, 7) is 2.25. The Balaban J connectivity index is 1.83. The second-order valence-electron chi connectivity index (χ2n) is 6.50. The number of aryl methyl sites for hydroxylation is 1. The van der Waals surface area contributed by atoms with E-state index < -0.39 is 0 Å². The number of unbranched alkanes of at least 4 members (excludes halogenated alkanes) is 5. The highest BCUT2D eigenvalue weighted by Crippen LogP contribution is 2.21. The van der Waals surface area contributed by atoms with Crippen molar-refractivity contribution in [3.8, 4) is 5.75 Å². The molecule has 0 heterocycles. The molecule has 0 saturated heterocycles. The van der Waals surface area contributed by atoms with E-state index in [1.54, 1.807) is 0 Å². The highest BCUT2D eigenvalue weighted by atomic mass is 16.3. The van der Waals surface area contributed by atoms with Gasteiger partial charge in [-0.3, -0.25) is 0 Å². The second-order valence-corrected chi connectivity index (χ2v) is 6.50. The number of rotatable bonds is 10. The molecule has 0 aromatic heterocycles. The zero-order valence-electron chi connectivity index (χ0n) is 14.9. The molecule has 0 radical (unpaired) electrons. The summed E-state index contributed by atoms with van der Waals surface area (Å²) in [4.78, 5) is 0. The minimum atomic E-state index is 0.402. The van der Waals surface area contributed by atoms with Crippen LogP contribution in [0.5, 0.6) is 5.75 Å². The Morgan fingerprint density at radius 1 is 0.875 bits per heavy atom. The van der Waals surface area contributed by atoms with Crippen molar-refractivity contribution in [2.75, 3.05) is 0 Å². The molecule has 0 amide bonds. The van der Waals surface area contributed by atoms with Crippen molar-refractivity contribution in [3.63, 3.8) is 0 Å². The number of allylic oxidation sites excluding steroid dienone is 1. The lowest BCUT2D eigenvalue weighted by atomic mass is 10.0. The molecule has 2 aromatic rings. The first-order valence-electron chi connectivity index (χ1n) is 9.32. The van der Waals surface area contributed by atoms with E-state index in [0.29, 0.717) is 5.75 Å². The number of hydrogen-bond donors (Lipinski definition) is 1. The molecule has 128 valence electrons. The van der Waals surface area contributed by atoms with E-state index in [9.17, 15) is 5.11 Å². The molecule has 1 nitrogen and oxygen atoms in total. The van der Waals surface area contributed by atoms with Crippen molar-refractivity contribution in [2.45, 2.75) is 58.3 Å². The van der Waals surface area contributed by atoms with Crippen molar-refractivity contribution in [1.29, 1.82) is 0 Å². The molecule has 0 atom stereocenters. The number of phenols is 1. The zero-order chi connectivity index (χ0) is 17.0. The molecule has 2 aromatic carbocycles. The molecular formula is C23H30O. The van der Waals surface area contributed by atoms with E-state index in [1.807, 2.05) is 24.3 Å². The Morgan fingerprint density at radius 3 is 2.42 bits per heavy atom. The first-order valence-corrected chi connectivity index (χ1v) is 9.32. The quantitative estimate of drug-likeness (QED) is 0.492. The van der Waals surface area contributed by atoms with Crippen LogP contribution >= 0.6 is 0 Å². The van der Waals surface area contributed by atoms with Crippen molar-refractivity contribution >= 4 is 6.08 Å². The van der Waals surface area contributed by atoms with Gasteiger partial charge in [0.25, 0.3) is 0 Å². The Labute approximate surface area is 147 Å². The summed E-state index contributed by atoms with van der Waals surface area (Å²) in [5.41, 5.74) is 3.55. The molecule has 0 bridgehead atoms. The zero-order valence-corrected chi connectivity index (χ0v) is 14.9. The van der Waals surface area contributed by atoms with Gasteiger partial charge in [0.2, 0.25) is 0 Å². The van der Waals surface area contributed by atoms with Crippen LogP contribution in [-0.4, -0.2) is 5.11 Å². The van der Waals surface area contributed by atoms with Crippen LogP contribution in [0.1, 0.15) is 62.1 Å². The van der Waals surface area contributed by atoms with Crippen molar-refractivity contribution in [2.24, 2.45) is 0 Å². The third-order valence-electron chi connectivity index (χ3n) is 4.41. The van der Waals surface area contributed by atoms with Gasteiger partial charge in [0.1, 0.15) is 5.75 Å². The summed E-state index contributed by atoms with van der Waals surface area (Å²) in [5, 5.41) is 10.1. The van der Waals surface area contributed by atoms with E-state index in [4.69, 9.17) is 0 Å². The summed E-state index contributed by atoms with van der Waals surface area (Å²) < 4.78 is 0. The third-order valence-corrected chi connectivity index (χ3v) is 4.41. The van der Waals surface area contributed by atoms with Crippen LogP contribution in [0.15, 0.2) is 54.6 Å². The predicted octanol–water partition coefficient (Wildman–Crippen LogP) is 6.55. The molecular weight excluding hydrogens is 292 g/mol. The van der Waals surface area contributed by atoms with Crippen LogP contribution in [0.2, 0.25) is 0 Å². The lowest BCUT2D eigenvalue weighted by molar-refractivity contribution is 0.469. The van der Waals surface area contributed by atoms with Gasteiger partial charge in [-0.25, -0.2) is 0 Å². The number of hydrogen-bond acceptors (Lipinski definition) is 1. The van der Waals surface area contributed by atoms with Crippen molar-refractivity contribution in [1.82, 2.24) is 0 Å². The highest BCUT2D eigenvalue weighted by molar-refractivity contribution is 5.50. The lowest BCUT2D eigenvalue weighted by Crippen LogP contribution is -1.90. The molecule has 0 aliphatic rings. The summed E-state index contributed by atoms with van der Waals surface area (Å²) in [5.74, 6) is 0.402. The Bertz CT molecular complexity index is 613. The fourth-order valence-electron chi connectivity index (χ4n) is 2.95. The normalized spacial score (nSPS) is 11.2. The van der Waals surface area contributed by atoms with Gasteiger partial charge in [0, 0.05) is 0 Å². The van der Waals surface area contributed by atoms with Gasteiger partial charge in [-0.05, 0) is 42.0 Å². The molecule has 0 aliphatic carbocycles. The summed E-state index contributed by atoms with van der Waals surface area (Å²) in [7, 11) is 0. The summed E-state index contributed by atoms with van der Waals surface area (Å²) >= 11 is 0. The van der Waals surface area contributed by atoms with E-state index in [0.717, 1.165) is 18.4 Å². The largest absolute Gasteiger partial charge is 0.508 e. The molecule has 1 heteroatoms. The third kappa shape index (κ3) is 6.62. The standard InChI is InChI=1S/C23H30O/c1-2-3-4-5-6-8-14-21-17-18-23(24)22(19-21)16-11-15-20-12-9-7-10-13-20/h7,9-13,15,17-19,24H,2-6,8,14,16H2,1H3. The first-order chi connectivity index (χ1) is 11.8. The maximum atomic E-state index is 10.1. The average Bonchev–Trinajstić information content (AvgIpc) is 2.61. The summed E-state index contributed by atoms with van der Waals surface area (Å²) in [6.07, 6.45) is 14.0. The molecule has 24 heavy (non-hydrogen) atoms. The van der Waals surface area contributed by atoms with Gasteiger partial charge in [-0.2, -0.15) is 0 Å². The number of phenolic OH excluding ortho intramolecular Hbond substituents is 1. The van der Waals surface area contributed by atoms with E-state index >= 15 is 0 Å². The van der Waals surface area contributed by atoms with Gasteiger partial charge < -0.3 is 5.11 Å². The smallest absolute Gasteiger partial charge is 0.119 e. The van der Waals surface area contributed by atoms with Gasteiger partial charge in [-0.1, -0.05) is 93.6 Å². The first kappa shape index (κ1) is 18.3. The molecule has 1 N–H and O–H groups in total. The number of benzene rings is 2. The molecule has 0 fully saturated rings. The second kappa shape index (κ2) is 10.7. The summed E-state index contributed by atoms with van der Waals surface area (Å²) in [6, 6.07) is 16.3. The van der Waals surface area contributed by atoms with E-state index in [1.165, 1.54) is 49.7 Å². The minimum Gasteiger partial charge on any atom is -0.508 e. The highest BCUT2D eigenvalue weighted by Gasteiger charge is 2.02. The maximum absolute atomic E-state index is 10.1. The molecule has 2 rings (SSSR count). The maximum Gasteiger partial charge on any atom is 0.119 e. The SMILES string of the molecule is CCCCCCCCc1ccc(O)c(CC=Cc2ccccc2)c1. The van der Waals surface area contributed by atoms with Crippen LogP contribution in [0.3, 0.4) is 0 Å². The Morgan fingerprint density at radius 2 is 1.62 bits per heavy atom. The lowest BCUT2D eigenvalue weighted by Gasteiger charge is -2.07. The molecule has 0 aliphatic heterocycles. The molecule has 0 unspecified atom stereocenters. The van der Waals surface area contributed by atoms with Crippen LogP contribution in [0.25, 0.3) is 6.08 Å². The van der Waals surface area contributed by atoms with Crippen molar-refractivity contribution in [3.05, 3.63) is 71.3 Å². The average molecular weight is 322 g/mol. The monoisotopic (exact) mass is 322 g/mol. The van der Waals surface area contributed by atoms with Crippen LogP contribution in [0.4, 0.5) is 0 Å². The fourth-order valence-corrected chi connectivity index (χ4v) is 2.95. The van der Waals surface area contributed by atoms with Gasteiger partial charge >= 0.3 is 0 Å². The molecule has 0 saturated carbocycles. The van der Waals surface area contributed by atoms with Gasteiger partial charge in [0.05, 0.1) is 0 Å². The van der Waals surface area contributed by atoms with E-state index in [-0.39, 0.29) is 0 Å². The van der Waals surface area contributed by atoms with Gasteiger partial charge in [0.15, 0.2) is 0 Å². The fraction of sp³-hybridized carbons (Fsp3) is 0.391.